The van der Waals surface area contributed by atoms with Crippen LogP contribution < -0.4 is 0 Å². The average Bonchev–Trinajstić information content (AvgIpc) is 2.43. The number of likely N-dealkylation sites (tertiary alicyclic amines) is 2. The van der Waals surface area contributed by atoms with Crippen molar-refractivity contribution in [1.29, 1.82) is 0 Å². The number of aliphatic carboxylic acids is 1. The molecule has 0 bridgehead atoms. The molecule has 0 aromatic heterocycles. The van der Waals surface area contributed by atoms with Crippen LogP contribution in [0.3, 0.4) is 0 Å². The number of hydrogen-bond acceptors (Lipinski definition) is 4. The predicted octanol–water partition coefficient (Wildman–Crippen LogP) is -0.151. The molecule has 2 aliphatic heterocycles. The minimum absolute atomic E-state index is 0.213. The molecular formula is C13H18N2O5. The SMILES string of the molecule is O=C(O)C1CCN(C(=O)CN2C(=O)CCCC2=O)CC1. The molecule has 0 atom stereocenters. The maximum Gasteiger partial charge on any atom is 0.306 e. The predicted molar refractivity (Wildman–Crippen MR) is 67.5 cm³/mol. The molecule has 1 N–H and O–H groups in total. The van der Waals surface area contributed by atoms with Gasteiger partial charge in [0.25, 0.3) is 0 Å². The van der Waals surface area contributed by atoms with Crippen molar-refractivity contribution < 1.29 is 24.3 Å². The first-order valence-electron chi connectivity index (χ1n) is 6.83. The molecule has 2 saturated heterocycles. The van der Waals surface area contributed by atoms with E-state index >= 15 is 0 Å². The van der Waals surface area contributed by atoms with Crippen molar-refractivity contribution in [2.24, 2.45) is 5.92 Å². The van der Waals surface area contributed by atoms with Crippen LogP contribution in [0.15, 0.2) is 0 Å². The third kappa shape index (κ3) is 3.15. The normalized spacial score (nSPS) is 21.2. The summed E-state index contributed by atoms with van der Waals surface area (Å²) in [5, 5.41) is 8.89. The van der Waals surface area contributed by atoms with Crippen LogP contribution in [0.2, 0.25) is 0 Å². The van der Waals surface area contributed by atoms with Crippen molar-refractivity contribution in [3.63, 3.8) is 0 Å². The maximum atomic E-state index is 12.1. The van der Waals surface area contributed by atoms with Gasteiger partial charge < -0.3 is 10.0 Å². The second-order valence-electron chi connectivity index (χ2n) is 5.22. The summed E-state index contributed by atoms with van der Waals surface area (Å²) in [4.78, 5) is 48.7. The van der Waals surface area contributed by atoms with Gasteiger partial charge in [0, 0.05) is 25.9 Å². The first-order chi connectivity index (χ1) is 9.49. The minimum Gasteiger partial charge on any atom is -0.481 e. The van der Waals surface area contributed by atoms with E-state index in [9.17, 15) is 19.2 Å². The van der Waals surface area contributed by atoms with Crippen LogP contribution in [0, 0.1) is 5.92 Å². The number of carbonyl (C=O) groups excluding carboxylic acids is 3. The summed E-state index contributed by atoms with van der Waals surface area (Å²) in [6.07, 6.45) is 2.00. The summed E-state index contributed by atoms with van der Waals surface area (Å²) < 4.78 is 0. The first-order valence-corrected chi connectivity index (χ1v) is 6.83. The molecule has 3 amide bonds. The molecule has 0 aliphatic carbocycles. The van der Waals surface area contributed by atoms with Crippen molar-refractivity contribution in [3.05, 3.63) is 0 Å². The zero-order valence-electron chi connectivity index (χ0n) is 11.2. The van der Waals surface area contributed by atoms with Crippen molar-refractivity contribution in [2.45, 2.75) is 32.1 Å². The van der Waals surface area contributed by atoms with Gasteiger partial charge in [-0.25, -0.2) is 0 Å². The van der Waals surface area contributed by atoms with Gasteiger partial charge in [-0.05, 0) is 19.3 Å². The molecule has 0 saturated carbocycles. The van der Waals surface area contributed by atoms with Gasteiger partial charge in [-0.2, -0.15) is 0 Å². The Labute approximate surface area is 116 Å². The molecule has 2 aliphatic rings. The van der Waals surface area contributed by atoms with Crippen LogP contribution >= 0.6 is 0 Å². The molecule has 20 heavy (non-hydrogen) atoms. The van der Waals surface area contributed by atoms with E-state index < -0.39 is 11.9 Å². The van der Waals surface area contributed by atoms with Crippen molar-refractivity contribution >= 4 is 23.7 Å². The summed E-state index contributed by atoms with van der Waals surface area (Å²) in [6, 6.07) is 0. The second kappa shape index (κ2) is 6.02. The standard InChI is InChI=1S/C13H18N2O5/c16-10-2-1-3-11(17)15(10)8-12(18)14-6-4-9(5-7-14)13(19)20/h9H,1-8H2,(H,19,20). The lowest BCUT2D eigenvalue weighted by Crippen LogP contribution is -2.49. The van der Waals surface area contributed by atoms with Crippen LogP contribution in [0.4, 0.5) is 0 Å². The minimum atomic E-state index is -0.835. The van der Waals surface area contributed by atoms with E-state index in [2.05, 4.69) is 0 Å². The molecule has 7 nitrogen and oxygen atoms in total. The number of rotatable bonds is 3. The van der Waals surface area contributed by atoms with Crippen molar-refractivity contribution in [3.8, 4) is 0 Å². The van der Waals surface area contributed by atoms with Gasteiger partial charge in [0.15, 0.2) is 0 Å². The third-order valence-corrected chi connectivity index (χ3v) is 3.87. The fourth-order valence-electron chi connectivity index (χ4n) is 2.59. The number of carboxylic acid groups (broad SMARTS) is 1. The molecule has 2 fully saturated rings. The van der Waals surface area contributed by atoms with E-state index in [0.717, 1.165) is 4.90 Å². The number of piperidine rings is 2. The van der Waals surface area contributed by atoms with Gasteiger partial charge in [-0.3, -0.25) is 24.1 Å². The lowest BCUT2D eigenvalue weighted by molar-refractivity contribution is -0.153. The Morgan fingerprint density at radius 1 is 1.10 bits per heavy atom. The van der Waals surface area contributed by atoms with Crippen LogP contribution in [0.25, 0.3) is 0 Å². The van der Waals surface area contributed by atoms with Crippen LogP contribution in [0.5, 0.6) is 0 Å². The number of carboxylic acids is 1. The summed E-state index contributed by atoms with van der Waals surface area (Å²) in [5.74, 6) is -2.11. The van der Waals surface area contributed by atoms with Gasteiger partial charge in [-0.15, -0.1) is 0 Å². The highest BCUT2D eigenvalue weighted by molar-refractivity contribution is 6.00. The molecule has 110 valence electrons. The summed E-state index contributed by atoms with van der Waals surface area (Å²) in [6.45, 7) is 0.521. The molecule has 0 aromatic carbocycles. The zero-order chi connectivity index (χ0) is 14.7. The number of imide groups is 1. The number of amides is 3. The molecule has 0 unspecified atom stereocenters. The lowest BCUT2D eigenvalue weighted by Gasteiger charge is -2.32. The van der Waals surface area contributed by atoms with Gasteiger partial charge in [0.05, 0.1) is 5.92 Å². The number of carbonyl (C=O) groups is 4. The van der Waals surface area contributed by atoms with E-state index in [1.807, 2.05) is 0 Å². The van der Waals surface area contributed by atoms with E-state index in [1.54, 1.807) is 0 Å². The Kier molecular flexibility index (Phi) is 4.36. The highest BCUT2D eigenvalue weighted by Gasteiger charge is 2.31. The summed E-state index contributed by atoms with van der Waals surface area (Å²) in [5.41, 5.74) is 0. The van der Waals surface area contributed by atoms with Crippen molar-refractivity contribution in [1.82, 2.24) is 9.80 Å². The smallest absolute Gasteiger partial charge is 0.306 e. The molecular weight excluding hydrogens is 264 g/mol. The quantitative estimate of drug-likeness (QED) is 0.726. The topological polar surface area (TPSA) is 95.0 Å². The Morgan fingerprint density at radius 3 is 2.15 bits per heavy atom. The fourth-order valence-corrected chi connectivity index (χ4v) is 2.59. The van der Waals surface area contributed by atoms with Gasteiger partial charge in [0.2, 0.25) is 17.7 Å². The molecule has 2 rings (SSSR count). The number of hydrogen-bond donors (Lipinski definition) is 1. The summed E-state index contributed by atoms with van der Waals surface area (Å²) in [7, 11) is 0. The fraction of sp³-hybridized carbons (Fsp3) is 0.692. The molecule has 7 heteroatoms. The summed E-state index contributed by atoms with van der Waals surface area (Å²) >= 11 is 0. The van der Waals surface area contributed by atoms with Crippen LogP contribution in [-0.2, 0) is 19.2 Å². The molecule has 0 spiro atoms. The van der Waals surface area contributed by atoms with E-state index in [1.165, 1.54) is 4.90 Å². The van der Waals surface area contributed by atoms with Crippen LogP contribution in [0.1, 0.15) is 32.1 Å². The Bertz CT molecular complexity index is 424. The van der Waals surface area contributed by atoms with Gasteiger partial charge in [-0.1, -0.05) is 0 Å². The third-order valence-electron chi connectivity index (χ3n) is 3.87. The Hall–Kier alpha value is -1.92. The zero-order valence-corrected chi connectivity index (χ0v) is 11.2. The van der Waals surface area contributed by atoms with E-state index in [4.69, 9.17) is 5.11 Å². The average molecular weight is 282 g/mol. The van der Waals surface area contributed by atoms with Gasteiger partial charge in [0.1, 0.15) is 6.54 Å². The highest BCUT2D eigenvalue weighted by Crippen LogP contribution is 2.18. The van der Waals surface area contributed by atoms with E-state index in [-0.39, 0.29) is 24.3 Å². The maximum absolute atomic E-state index is 12.1. The Balaban J connectivity index is 1.88. The first kappa shape index (κ1) is 14.5. The second-order valence-corrected chi connectivity index (χ2v) is 5.22. The largest absolute Gasteiger partial charge is 0.481 e. The Morgan fingerprint density at radius 2 is 1.65 bits per heavy atom. The molecule has 0 aromatic rings. The number of nitrogens with zero attached hydrogens (tertiary/aromatic N) is 2. The monoisotopic (exact) mass is 282 g/mol. The lowest BCUT2D eigenvalue weighted by atomic mass is 9.97. The van der Waals surface area contributed by atoms with Crippen molar-refractivity contribution in [2.75, 3.05) is 19.6 Å². The molecule has 0 radical (unpaired) electrons. The molecule has 2 heterocycles. The highest BCUT2D eigenvalue weighted by atomic mass is 16.4. The van der Waals surface area contributed by atoms with Gasteiger partial charge >= 0.3 is 5.97 Å². The van der Waals surface area contributed by atoms with Crippen LogP contribution in [-0.4, -0.2) is 58.2 Å². The van der Waals surface area contributed by atoms with E-state index in [0.29, 0.717) is 45.2 Å².